The van der Waals surface area contributed by atoms with Crippen molar-refractivity contribution in [3.05, 3.63) is 41.5 Å². The van der Waals surface area contributed by atoms with Crippen LogP contribution in [0.5, 0.6) is 5.75 Å². The van der Waals surface area contributed by atoms with Gasteiger partial charge < -0.3 is 23.6 Å². The number of nitrogens with zero attached hydrogens (tertiary/aromatic N) is 3. The van der Waals surface area contributed by atoms with E-state index in [-0.39, 0.29) is 11.5 Å². The predicted octanol–water partition coefficient (Wildman–Crippen LogP) is 2.84. The zero-order chi connectivity index (χ0) is 22.4. The lowest BCUT2D eigenvalue weighted by molar-refractivity contribution is -0.146. The zero-order valence-electron chi connectivity index (χ0n) is 19.0. The van der Waals surface area contributed by atoms with Crippen LogP contribution in [-0.2, 0) is 33.5 Å². The number of hydrogen-bond acceptors (Lipinski definition) is 7. The maximum atomic E-state index is 12.8. The maximum absolute atomic E-state index is 12.8. The highest BCUT2D eigenvalue weighted by Gasteiger charge is 2.41. The Balaban J connectivity index is 1.28. The molecule has 0 radical (unpaired) electrons. The van der Waals surface area contributed by atoms with E-state index in [1.807, 2.05) is 29.2 Å². The maximum Gasteiger partial charge on any atom is 0.226 e. The fourth-order valence-corrected chi connectivity index (χ4v) is 4.80. The van der Waals surface area contributed by atoms with E-state index in [4.69, 9.17) is 18.7 Å². The van der Waals surface area contributed by atoms with Crippen molar-refractivity contribution in [3.8, 4) is 5.75 Å². The Bertz CT molecular complexity index is 891. The van der Waals surface area contributed by atoms with Crippen LogP contribution in [0, 0.1) is 5.92 Å². The van der Waals surface area contributed by atoms with Crippen molar-refractivity contribution in [1.29, 1.82) is 0 Å². The Labute approximate surface area is 189 Å². The molecule has 1 aromatic carbocycles. The molecular formula is C24H33N3O5. The number of methoxy groups -OCH3 is 2. The number of ether oxygens (including phenoxy) is 3. The number of likely N-dealkylation sites (tertiary alicyclic amines) is 1. The average Bonchev–Trinajstić information content (AvgIpc) is 3.25. The molecule has 1 aromatic heterocycles. The normalized spacial score (nSPS) is 20.4. The first-order chi connectivity index (χ1) is 15.6. The quantitative estimate of drug-likeness (QED) is 0.620. The first-order valence-corrected chi connectivity index (χ1v) is 11.4. The molecule has 2 fully saturated rings. The van der Waals surface area contributed by atoms with Crippen LogP contribution in [-0.4, -0.2) is 67.1 Å². The van der Waals surface area contributed by atoms with Crippen LogP contribution in [0.3, 0.4) is 0 Å². The second kappa shape index (κ2) is 10.4. The largest absolute Gasteiger partial charge is 0.497 e. The van der Waals surface area contributed by atoms with E-state index in [0.29, 0.717) is 37.1 Å². The number of carbonyl (C=O) groups is 1. The molecule has 8 heteroatoms. The van der Waals surface area contributed by atoms with Crippen LogP contribution in [0.4, 0.5) is 0 Å². The molecule has 1 spiro atoms. The monoisotopic (exact) mass is 443 g/mol. The summed E-state index contributed by atoms with van der Waals surface area (Å²) in [5.74, 6) is 2.80. The number of carbonyl (C=O) groups excluding carboxylic acids is 1. The summed E-state index contributed by atoms with van der Waals surface area (Å²) >= 11 is 0. The topological polar surface area (TPSA) is 86.9 Å². The van der Waals surface area contributed by atoms with Gasteiger partial charge in [-0.3, -0.25) is 4.79 Å². The minimum atomic E-state index is -0.144. The summed E-state index contributed by atoms with van der Waals surface area (Å²) < 4.78 is 22.1. The number of aromatic nitrogens is 2. The van der Waals surface area contributed by atoms with E-state index in [1.165, 1.54) is 0 Å². The number of benzene rings is 1. The summed E-state index contributed by atoms with van der Waals surface area (Å²) in [7, 11) is 3.31. The third kappa shape index (κ3) is 5.66. The van der Waals surface area contributed by atoms with Crippen LogP contribution >= 0.6 is 0 Å². The highest BCUT2D eigenvalue weighted by Crippen LogP contribution is 2.38. The average molecular weight is 444 g/mol. The van der Waals surface area contributed by atoms with Gasteiger partial charge in [-0.15, -0.1) is 0 Å². The van der Waals surface area contributed by atoms with Crippen LogP contribution in [0.25, 0.3) is 0 Å². The minimum Gasteiger partial charge on any atom is -0.497 e. The molecule has 2 saturated heterocycles. The second-order valence-electron chi connectivity index (χ2n) is 8.85. The molecule has 32 heavy (non-hydrogen) atoms. The molecule has 2 aliphatic rings. The van der Waals surface area contributed by atoms with Crippen molar-refractivity contribution >= 4 is 5.91 Å². The molecule has 1 atom stereocenters. The minimum absolute atomic E-state index is 0.144. The van der Waals surface area contributed by atoms with E-state index in [0.717, 1.165) is 63.1 Å². The van der Waals surface area contributed by atoms with Gasteiger partial charge in [-0.25, -0.2) is 0 Å². The summed E-state index contributed by atoms with van der Waals surface area (Å²) in [4.78, 5) is 19.3. The highest BCUT2D eigenvalue weighted by atomic mass is 16.5. The van der Waals surface area contributed by atoms with Crippen molar-refractivity contribution < 1.29 is 23.5 Å². The first kappa shape index (κ1) is 22.7. The van der Waals surface area contributed by atoms with Crippen molar-refractivity contribution in [2.75, 3.05) is 40.5 Å². The summed E-state index contributed by atoms with van der Waals surface area (Å²) in [5, 5.41) is 4.05. The van der Waals surface area contributed by atoms with Gasteiger partial charge in [0.2, 0.25) is 11.8 Å². The lowest BCUT2D eigenvalue weighted by atomic mass is 9.78. The molecule has 0 saturated carbocycles. The third-order valence-electron chi connectivity index (χ3n) is 6.62. The molecular weight excluding hydrogens is 410 g/mol. The fourth-order valence-electron chi connectivity index (χ4n) is 4.80. The van der Waals surface area contributed by atoms with Gasteiger partial charge in [0.25, 0.3) is 0 Å². The predicted molar refractivity (Wildman–Crippen MR) is 118 cm³/mol. The van der Waals surface area contributed by atoms with Crippen LogP contribution in [0.1, 0.15) is 43.0 Å². The van der Waals surface area contributed by atoms with Crippen molar-refractivity contribution in [2.24, 2.45) is 5.92 Å². The van der Waals surface area contributed by atoms with Gasteiger partial charge >= 0.3 is 0 Å². The lowest BCUT2D eigenvalue weighted by Crippen LogP contribution is -2.51. The highest BCUT2D eigenvalue weighted by molar-refractivity contribution is 5.79. The standard InChI is InChI=1S/C24H33N3O5/c1-29-12-7-21-25-22(32-26-21)15-19-6-13-31-24(17-19)8-10-27(11-9-24)23(28)16-18-4-3-5-20(14-18)30-2/h3-5,14,19H,6-13,15-17H2,1-2H3. The molecule has 0 aliphatic carbocycles. The fraction of sp³-hybridized carbons (Fsp3) is 0.625. The van der Waals surface area contributed by atoms with E-state index < -0.39 is 0 Å². The van der Waals surface area contributed by atoms with Crippen LogP contribution in [0.2, 0.25) is 0 Å². The van der Waals surface area contributed by atoms with Crippen molar-refractivity contribution in [2.45, 2.75) is 50.5 Å². The summed E-state index contributed by atoms with van der Waals surface area (Å²) in [6.45, 7) is 2.80. The van der Waals surface area contributed by atoms with Gasteiger partial charge in [0.05, 0.1) is 25.7 Å². The Morgan fingerprint density at radius 3 is 2.91 bits per heavy atom. The number of rotatable bonds is 8. The van der Waals surface area contributed by atoms with Crippen LogP contribution < -0.4 is 4.74 Å². The van der Waals surface area contributed by atoms with Gasteiger partial charge in [0, 0.05) is 39.6 Å². The summed E-state index contributed by atoms with van der Waals surface area (Å²) in [6.07, 6.45) is 5.56. The van der Waals surface area contributed by atoms with Gasteiger partial charge in [0.15, 0.2) is 5.82 Å². The molecule has 2 aromatic rings. The number of piperidine rings is 1. The third-order valence-corrected chi connectivity index (χ3v) is 6.62. The Morgan fingerprint density at radius 2 is 2.12 bits per heavy atom. The van der Waals surface area contributed by atoms with Gasteiger partial charge in [-0.05, 0) is 49.3 Å². The van der Waals surface area contributed by atoms with Gasteiger partial charge in [-0.1, -0.05) is 17.3 Å². The molecule has 1 amide bonds. The van der Waals surface area contributed by atoms with Gasteiger partial charge in [0.1, 0.15) is 5.75 Å². The molecule has 4 rings (SSSR count). The van der Waals surface area contributed by atoms with E-state index >= 15 is 0 Å². The molecule has 0 N–H and O–H groups in total. The number of amides is 1. The van der Waals surface area contributed by atoms with Gasteiger partial charge in [-0.2, -0.15) is 4.98 Å². The first-order valence-electron chi connectivity index (χ1n) is 11.4. The lowest BCUT2D eigenvalue weighted by Gasteiger charge is -2.46. The van der Waals surface area contributed by atoms with Crippen molar-refractivity contribution in [1.82, 2.24) is 15.0 Å². The zero-order valence-corrected chi connectivity index (χ0v) is 19.0. The Kier molecular flexibility index (Phi) is 7.42. The molecule has 1 unspecified atom stereocenters. The van der Waals surface area contributed by atoms with E-state index in [9.17, 15) is 4.79 Å². The summed E-state index contributed by atoms with van der Waals surface area (Å²) in [5.41, 5.74) is 0.835. The molecule has 174 valence electrons. The SMILES string of the molecule is COCCc1noc(CC2CCOC3(CCN(C(=O)Cc4cccc(OC)c4)CC3)C2)n1. The second-order valence-corrected chi connectivity index (χ2v) is 8.85. The smallest absolute Gasteiger partial charge is 0.226 e. The van der Waals surface area contributed by atoms with E-state index in [1.54, 1.807) is 14.2 Å². The molecule has 3 heterocycles. The summed E-state index contributed by atoms with van der Waals surface area (Å²) in [6, 6.07) is 7.71. The number of hydrogen-bond donors (Lipinski definition) is 0. The molecule has 8 nitrogen and oxygen atoms in total. The Hall–Kier alpha value is -2.45. The van der Waals surface area contributed by atoms with Crippen molar-refractivity contribution in [3.63, 3.8) is 0 Å². The Morgan fingerprint density at radius 1 is 1.28 bits per heavy atom. The molecule has 2 aliphatic heterocycles. The van der Waals surface area contributed by atoms with Crippen LogP contribution in [0.15, 0.2) is 28.8 Å². The molecule has 0 bridgehead atoms. The van der Waals surface area contributed by atoms with E-state index in [2.05, 4.69) is 10.1 Å².